The summed E-state index contributed by atoms with van der Waals surface area (Å²) in [5.41, 5.74) is 1.85. The minimum Gasteiger partial charge on any atom is -0.484 e. The smallest absolute Gasteiger partial charge is 0.340 e. The second kappa shape index (κ2) is 10.5. The third kappa shape index (κ3) is 5.56. The molecule has 0 aliphatic carbocycles. The zero-order valence-electron chi connectivity index (χ0n) is 19.0. The fraction of sp³-hybridized carbons (Fsp3) is 0.458. The van der Waals surface area contributed by atoms with Gasteiger partial charge in [0.2, 0.25) is 0 Å². The number of carbonyl (C=O) groups is 3. The van der Waals surface area contributed by atoms with Gasteiger partial charge in [-0.05, 0) is 57.4 Å². The Labute approximate surface area is 188 Å². The zero-order valence-corrected chi connectivity index (χ0v) is 19.0. The molecule has 1 saturated heterocycles. The molecule has 1 N–H and O–H groups in total. The molecule has 1 aromatic carbocycles. The Morgan fingerprint density at radius 3 is 2.59 bits per heavy atom. The van der Waals surface area contributed by atoms with Crippen molar-refractivity contribution in [3.8, 4) is 5.75 Å². The number of allylic oxidation sites excluding steroid dienone is 1. The summed E-state index contributed by atoms with van der Waals surface area (Å²) in [6, 6.07) is 7.01. The van der Waals surface area contributed by atoms with E-state index in [0.29, 0.717) is 24.6 Å². The lowest BCUT2D eigenvalue weighted by molar-refractivity contribution is -0.136. The van der Waals surface area contributed by atoms with Gasteiger partial charge in [-0.3, -0.25) is 9.59 Å². The standard InChI is InChI=1S/C24H30N2O6/c1-15(2)25-21(27)14-32-18-9-7-17(8-10-18)12-20-22(24(29)30-4)16(3)26(23(20)28)13-19-6-5-11-31-19/h7-10,12,15,19H,5-6,11,13-14H2,1-4H3,(H,25,27)/b20-12+/t19-/m0/s1. The van der Waals surface area contributed by atoms with Gasteiger partial charge in [0.1, 0.15) is 5.75 Å². The van der Waals surface area contributed by atoms with Gasteiger partial charge in [-0.2, -0.15) is 0 Å². The lowest BCUT2D eigenvalue weighted by atomic mass is 10.0. The van der Waals surface area contributed by atoms with E-state index in [4.69, 9.17) is 14.2 Å². The van der Waals surface area contributed by atoms with Gasteiger partial charge in [0, 0.05) is 18.3 Å². The van der Waals surface area contributed by atoms with Crippen LogP contribution in [0.15, 0.2) is 41.1 Å². The molecule has 2 heterocycles. The summed E-state index contributed by atoms with van der Waals surface area (Å²) >= 11 is 0. The minimum absolute atomic E-state index is 0.0310. The van der Waals surface area contributed by atoms with Crippen molar-refractivity contribution in [3.05, 3.63) is 46.7 Å². The van der Waals surface area contributed by atoms with E-state index in [1.165, 1.54) is 7.11 Å². The number of hydrogen-bond donors (Lipinski definition) is 1. The van der Waals surface area contributed by atoms with Gasteiger partial charge in [0.25, 0.3) is 11.8 Å². The van der Waals surface area contributed by atoms with Crippen molar-refractivity contribution in [2.75, 3.05) is 26.9 Å². The van der Waals surface area contributed by atoms with Gasteiger partial charge in [0.15, 0.2) is 6.61 Å². The number of ether oxygens (including phenoxy) is 3. The number of benzene rings is 1. The van der Waals surface area contributed by atoms with E-state index in [1.807, 2.05) is 13.8 Å². The predicted molar refractivity (Wildman–Crippen MR) is 119 cm³/mol. The van der Waals surface area contributed by atoms with E-state index >= 15 is 0 Å². The Balaban J connectivity index is 1.77. The quantitative estimate of drug-likeness (QED) is 0.491. The molecule has 2 aliphatic heterocycles. The van der Waals surface area contributed by atoms with Crippen molar-refractivity contribution in [1.29, 1.82) is 0 Å². The largest absolute Gasteiger partial charge is 0.484 e. The number of nitrogens with zero attached hydrogens (tertiary/aromatic N) is 1. The first kappa shape index (κ1) is 23.5. The summed E-state index contributed by atoms with van der Waals surface area (Å²) in [4.78, 5) is 38.9. The average Bonchev–Trinajstić information content (AvgIpc) is 3.35. The number of esters is 1. The van der Waals surface area contributed by atoms with Crippen LogP contribution in [0.4, 0.5) is 0 Å². The first-order valence-corrected chi connectivity index (χ1v) is 10.8. The summed E-state index contributed by atoms with van der Waals surface area (Å²) < 4.78 is 16.1. The molecular weight excluding hydrogens is 412 g/mol. The molecule has 0 radical (unpaired) electrons. The van der Waals surface area contributed by atoms with Crippen molar-refractivity contribution in [2.45, 2.75) is 45.8 Å². The molecule has 0 saturated carbocycles. The van der Waals surface area contributed by atoms with Gasteiger partial charge in [-0.15, -0.1) is 0 Å². The van der Waals surface area contributed by atoms with Crippen LogP contribution in [0.25, 0.3) is 6.08 Å². The highest BCUT2D eigenvalue weighted by molar-refractivity contribution is 6.16. The summed E-state index contributed by atoms with van der Waals surface area (Å²) in [5, 5.41) is 2.76. The van der Waals surface area contributed by atoms with E-state index in [0.717, 1.165) is 18.4 Å². The molecule has 3 rings (SSSR count). The second-order valence-corrected chi connectivity index (χ2v) is 8.14. The van der Waals surface area contributed by atoms with E-state index in [9.17, 15) is 14.4 Å². The number of rotatable bonds is 8. The van der Waals surface area contributed by atoms with Crippen molar-refractivity contribution < 1.29 is 28.6 Å². The van der Waals surface area contributed by atoms with Crippen LogP contribution >= 0.6 is 0 Å². The number of amides is 2. The minimum atomic E-state index is -0.548. The third-order valence-electron chi connectivity index (χ3n) is 5.32. The van der Waals surface area contributed by atoms with E-state index in [-0.39, 0.29) is 41.7 Å². The third-order valence-corrected chi connectivity index (χ3v) is 5.32. The molecule has 0 bridgehead atoms. The molecule has 1 aromatic rings. The normalized spacial score (nSPS) is 19.8. The van der Waals surface area contributed by atoms with Gasteiger partial charge in [0.05, 0.1) is 30.9 Å². The van der Waals surface area contributed by atoms with Gasteiger partial charge in [-0.1, -0.05) is 12.1 Å². The lowest BCUT2D eigenvalue weighted by Crippen LogP contribution is -2.34. The summed E-state index contributed by atoms with van der Waals surface area (Å²) in [5.74, 6) is -0.460. The monoisotopic (exact) mass is 442 g/mol. The number of nitrogens with one attached hydrogen (secondary N) is 1. The van der Waals surface area contributed by atoms with E-state index < -0.39 is 5.97 Å². The molecule has 0 spiro atoms. The van der Waals surface area contributed by atoms with Crippen molar-refractivity contribution in [1.82, 2.24) is 10.2 Å². The number of methoxy groups -OCH3 is 1. The van der Waals surface area contributed by atoms with Crippen LogP contribution in [0, 0.1) is 0 Å². The SMILES string of the molecule is COC(=O)C1=C(C)N(C[C@@H]2CCCO2)C(=O)/C1=C/c1ccc(OCC(=O)NC(C)C)cc1. The van der Waals surface area contributed by atoms with Crippen LogP contribution in [0.1, 0.15) is 39.2 Å². The first-order valence-electron chi connectivity index (χ1n) is 10.8. The number of hydrogen-bond acceptors (Lipinski definition) is 6. The molecule has 1 fully saturated rings. The Hall–Kier alpha value is -3.13. The maximum atomic E-state index is 13.2. The molecule has 172 valence electrons. The van der Waals surface area contributed by atoms with E-state index in [2.05, 4.69) is 5.32 Å². The van der Waals surface area contributed by atoms with Crippen LogP contribution in [0.5, 0.6) is 5.75 Å². The van der Waals surface area contributed by atoms with Gasteiger partial charge < -0.3 is 24.4 Å². The summed E-state index contributed by atoms with van der Waals surface area (Å²) in [7, 11) is 1.30. The summed E-state index contributed by atoms with van der Waals surface area (Å²) in [6.07, 6.45) is 3.50. The Morgan fingerprint density at radius 1 is 1.28 bits per heavy atom. The van der Waals surface area contributed by atoms with Gasteiger partial charge >= 0.3 is 5.97 Å². The molecule has 8 nitrogen and oxygen atoms in total. The lowest BCUT2D eigenvalue weighted by Gasteiger charge is -2.21. The predicted octanol–water partition coefficient (Wildman–Crippen LogP) is 2.44. The molecular formula is C24H30N2O6. The average molecular weight is 443 g/mol. The highest BCUT2D eigenvalue weighted by Gasteiger charge is 2.38. The topological polar surface area (TPSA) is 94.2 Å². The van der Waals surface area contributed by atoms with E-state index in [1.54, 1.807) is 42.2 Å². The molecule has 2 amide bonds. The Bertz CT molecular complexity index is 926. The van der Waals surface area contributed by atoms with Crippen molar-refractivity contribution >= 4 is 23.9 Å². The number of carbonyl (C=O) groups excluding carboxylic acids is 3. The van der Waals surface area contributed by atoms with Crippen LogP contribution in [0.3, 0.4) is 0 Å². The maximum Gasteiger partial charge on any atom is 0.340 e. The zero-order chi connectivity index (χ0) is 23.3. The van der Waals surface area contributed by atoms with Crippen LogP contribution in [0.2, 0.25) is 0 Å². The van der Waals surface area contributed by atoms with Crippen molar-refractivity contribution in [3.63, 3.8) is 0 Å². The Kier molecular flexibility index (Phi) is 7.69. The summed E-state index contributed by atoms with van der Waals surface area (Å²) in [6.45, 7) is 6.53. The molecule has 8 heteroatoms. The van der Waals surface area contributed by atoms with Gasteiger partial charge in [-0.25, -0.2) is 4.79 Å². The van der Waals surface area contributed by atoms with Crippen LogP contribution in [-0.4, -0.2) is 61.7 Å². The fourth-order valence-corrected chi connectivity index (χ4v) is 3.78. The molecule has 1 atom stereocenters. The van der Waals surface area contributed by atoms with Crippen molar-refractivity contribution in [2.24, 2.45) is 0 Å². The highest BCUT2D eigenvalue weighted by atomic mass is 16.5. The fourth-order valence-electron chi connectivity index (χ4n) is 3.78. The molecule has 32 heavy (non-hydrogen) atoms. The second-order valence-electron chi connectivity index (χ2n) is 8.14. The van der Waals surface area contributed by atoms with Crippen LogP contribution < -0.4 is 10.1 Å². The Morgan fingerprint density at radius 2 is 2.00 bits per heavy atom. The molecule has 2 aliphatic rings. The highest BCUT2D eigenvalue weighted by Crippen LogP contribution is 2.33. The molecule has 0 unspecified atom stereocenters. The van der Waals surface area contributed by atoms with Crippen LogP contribution in [-0.2, 0) is 23.9 Å². The first-order chi connectivity index (χ1) is 15.3. The molecule has 0 aromatic heterocycles. The maximum absolute atomic E-state index is 13.2.